The summed E-state index contributed by atoms with van der Waals surface area (Å²) in [5.74, 6) is 1.86. The van der Waals surface area contributed by atoms with E-state index in [1.165, 1.54) is 25.7 Å². The molecule has 112 valence electrons. The molecule has 0 bridgehead atoms. The first-order valence-electron chi connectivity index (χ1n) is 7.56. The third-order valence-corrected chi connectivity index (χ3v) is 4.50. The Morgan fingerprint density at radius 3 is 2.45 bits per heavy atom. The average Bonchev–Trinajstić information content (AvgIpc) is 2.90. The lowest BCUT2D eigenvalue weighted by Gasteiger charge is -2.24. The highest BCUT2D eigenvalue weighted by Gasteiger charge is 2.28. The van der Waals surface area contributed by atoms with Gasteiger partial charge in [0.2, 0.25) is 0 Å². The molecule has 0 aromatic carbocycles. The van der Waals surface area contributed by atoms with Gasteiger partial charge in [-0.05, 0) is 30.9 Å². The van der Waals surface area contributed by atoms with Crippen molar-refractivity contribution in [1.29, 1.82) is 0 Å². The molecule has 2 rings (SSSR count). The van der Waals surface area contributed by atoms with Gasteiger partial charge in [0.05, 0.1) is 0 Å². The Morgan fingerprint density at radius 2 is 1.85 bits per heavy atom. The third-order valence-electron chi connectivity index (χ3n) is 3.95. The fraction of sp³-hybridized carbons (Fsp3) is 0.733. The van der Waals surface area contributed by atoms with Crippen LogP contribution in [-0.4, -0.2) is 29.3 Å². The predicted octanol–water partition coefficient (Wildman–Crippen LogP) is 4.01. The van der Waals surface area contributed by atoms with Gasteiger partial charge in [-0.1, -0.05) is 38.5 Å². The van der Waals surface area contributed by atoms with E-state index in [2.05, 4.69) is 34.4 Å². The highest BCUT2D eigenvalue weighted by atomic mass is 32.2. The second kappa shape index (κ2) is 7.16. The van der Waals surface area contributed by atoms with Crippen LogP contribution in [0.5, 0.6) is 0 Å². The standard InChI is InChI=1S/C15H26N4S/c1-4-9-16-12-10-13(19-14(18-12)20-3)17-11-15(2)7-5-6-8-15/h10H,4-9,11H2,1-3H3,(H2,16,17,18,19). The maximum absolute atomic E-state index is 4.55. The lowest BCUT2D eigenvalue weighted by molar-refractivity contribution is 0.361. The molecular weight excluding hydrogens is 268 g/mol. The van der Waals surface area contributed by atoms with Crippen LogP contribution in [0.15, 0.2) is 11.2 Å². The molecular formula is C15H26N4S. The molecule has 0 amide bonds. The number of thioether (sulfide) groups is 1. The van der Waals surface area contributed by atoms with Gasteiger partial charge in [0.25, 0.3) is 0 Å². The molecule has 1 saturated carbocycles. The van der Waals surface area contributed by atoms with Crippen molar-refractivity contribution in [3.8, 4) is 0 Å². The Bertz CT molecular complexity index is 430. The van der Waals surface area contributed by atoms with Gasteiger partial charge in [0, 0.05) is 19.2 Å². The normalized spacial score (nSPS) is 17.1. The summed E-state index contributed by atoms with van der Waals surface area (Å²) in [7, 11) is 0. The van der Waals surface area contributed by atoms with Gasteiger partial charge in [-0.3, -0.25) is 0 Å². The molecule has 0 unspecified atom stereocenters. The molecule has 1 fully saturated rings. The Morgan fingerprint density at radius 1 is 1.20 bits per heavy atom. The number of anilines is 2. The molecule has 0 spiro atoms. The first-order valence-corrected chi connectivity index (χ1v) is 8.78. The molecule has 0 atom stereocenters. The number of hydrogen-bond acceptors (Lipinski definition) is 5. The Hall–Kier alpha value is -0.970. The molecule has 1 aromatic heterocycles. The molecule has 0 radical (unpaired) electrons. The first-order chi connectivity index (χ1) is 9.65. The maximum atomic E-state index is 4.55. The summed E-state index contributed by atoms with van der Waals surface area (Å²) in [6, 6.07) is 2.02. The molecule has 5 heteroatoms. The summed E-state index contributed by atoms with van der Waals surface area (Å²) in [6.45, 7) is 6.48. The van der Waals surface area contributed by atoms with E-state index >= 15 is 0 Å². The molecule has 0 saturated heterocycles. The lowest BCUT2D eigenvalue weighted by atomic mass is 9.89. The van der Waals surface area contributed by atoms with Crippen molar-refractivity contribution in [2.75, 3.05) is 30.0 Å². The van der Waals surface area contributed by atoms with Crippen LogP contribution in [-0.2, 0) is 0 Å². The smallest absolute Gasteiger partial charge is 0.191 e. The van der Waals surface area contributed by atoms with Gasteiger partial charge in [-0.2, -0.15) is 0 Å². The molecule has 0 aliphatic heterocycles. The number of nitrogens with zero attached hydrogens (tertiary/aromatic N) is 2. The largest absolute Gasteiger partial charge is 0.370 e. The van der Waals surface area contributed by atoms with Crippen LogP contribution < -0.4 is 10.6 Å². The zero-order valence-corrected chi connectivity index (χ0v) is 13.6. The Labute approximate surface area is 126 Å². The zero-order chi connectivity index (χ0) is 14.4. The molecule has 1 aromatic rings. The van der Waals surface area contributed by atoms with E-state index in [4.69, 9.17) is 0 Å². The van der Waals surface area contributed by atoms with Gasteiger partial charge in [-0.15, -0.1) is 0 Å². The second-order valence-electron chi connectivity index (χ2n) is 5.92. The highest BCUT2D eigenvalue weighted by Crippen LogP contribution is 2.37. The zero-order valence-electron chi connectivity index (χ0n) is 12.8. The van der Waals surface area contributed by atoms with Crippen molar-refractivity contribution >= 4 is 23.4 Å². The van der Waals surface area contributed by atoms with E-state index in [1.54, 1.807) is 11.8 Å². The van der Waals surface area contributed by atoms with E-state index in [9.17, 15) is 0 Å². The van der Waals surface area contributed by atoms with Crippen LogP contribution in [0.1, 0.15) is 46.0 Å². The molecule has 1 aliphatic rings. The number of nitrogens with one attached hydrogen (secondary N) is 2. The maximum Gasteiger partial charge on any atom is 0.191 e. The van der Waals surface area contributed by atoms with Crippen LogP contribution in [0.2, 0.25) is 0 Å². The van der Waals surface area contributed by atoms with Gasteiger partial charge in [0.15, 0.2) is 5.16 Å². The summed E-state index contributed by atoms with van der Waals surface area (Å²) >= 11 is 1.59. The number of hydrogen-bond donors (Lipinski definition) is 2. The molecule has 1 heterocycles. The van der Waals surface area contributed by atoms with Crippen molar-refractivity contribution in [2.45, 2.75) is 51.1 Å². The van der Waals surface area contributed by atoms with Crippen LogP contribution >= 0.6 is 11.8 Å². The SMILES string of the molecule is CCCNc1cc(NCC2(C)CCCC2)nc(SC)n1. The molecule has 2 N–H and O–H groups in total. The number of aromatic nitrogens is 2. The lowest BCUT2D eigenvalue weighted by Crippen LogP contribution is -2.23. The fourth-order valence-electron chi connectivity index (χ4n) is 2.66. The summed E-state index contributed by atoms with van der Waals surface area (Å²) in [4.78, 5) is 9.04. The topological polar surface area (TPSA) is 49.8 Å². The summed E-state index contributed by atoms with van der Waals surface area (Å²) < 4.78 is 0. The fourth-order valence-corrected chi connectivity index (χ4v) is 3.04. The van der Waals surface area contributed by atoms with Crippen molar-refractivity contribution in [3.05, 3.63) is 6.07 Å². The van der Waals surface area contributed by atoms with Crippen LogP contribution in [0.4, 0.5) is 11.6 Å². The number of rotatable bonds is 7. The molecule has 4 nitrogen and oxygen atoms in total. The minimum absolute atomic E-state index is 0.432. The second-order valence-corrected chi connectivity index (χ2v) is 6.70. The van der Waals surface area contributed by atoms with Crippen molar-refractivity contribution in [2.24, 2.45) is 5.41 Å². The van der Waals surface area contributed by atoms with Crippen LogP contribution in [0, 0.1) is 5.41 Å². The first kappa shape index (κ1) is 15.4. The van der Waals surface area contributed by atoms with Crippen LogP contribution in [0.25, 0.3) is 0 Å². The average molecular weight is 294 g/mol. The Balaban J connectivity index is 2.01. The van der Waals surface area contributed by atoms with Crippen molar-refractivity contribution in [1.82, 2.24) is 9.97 Å². The monoisotopic (exact) mass is 294 g/mol. The quantitative estimate of drug-likeness (QED) is 0.588. The summed E-state index contributed by atoms with van der Waals surface area (Å²) in [5.41, 5.74) is 0.432. The summed E-state index contributed by atoms with van der Waals surface area (Å²) in [6.07, 6.45) is 8.48. The molecule has 20 heavy (non-hydrogen) atoms. The van der Waals surface area contributed by atoms with Gasteiger partial charge in [0.1, 0.15) is 11.6 Å². The third kappa shape index (κ3) is 4.27. The van der Waals surface area contributed by atoms with E-state index < -0.39 is 0 Å². The van der Waals surface area contributed by atoms with E-state index in [0.29, 0.717) is 5.41 Å². The van der Waals surface area contributed by atoms with Crippen molar-refractivity contribution in [3.63, 3.8) is 0 Å². The van der Waals surface area contributed by atoms with Gasteiger partial charge < -0.3 is 10.6 Å². The minimum Gasteiger partial charge on any atom is -0.370 e. The van der Waals surface area contributed by atoms with Gasteiger partial charge >= 0.3 is 0 Å². The predicted molar refractivity (Wildman–Crippen MR) is 87.7 cm³/mol. The van der Waals surface area contributed by atoms with E-state index in [0.717, 1.165) is 36.3 Å². The van der Waals surface area contributed by atoms with E-state index in [-0.39, 0.29) is 0 Å². The minimum atomic E-state index is 0.432. The molecule has 1 aliphatic carbocycles. The Kier molecular flexibility index (Phi) is 5.52. The van der Waals surface area contributed by atoms with Crippen molar-refractivity contribution < 1.29 is 0 Å². The highest BCUT2D eigenvalue weighted by molar-refractivity contribution is 7.98. The van der Waals surface area contributed by atoms with Gasteiger partial charge in [-0.25, -0.2) is 9.97 Å². The van der Waals surface area contributed by atoms with E-state index in [1.807, 2.05) is 12.3 Å². The van der Waals surface area contributed by atoms with Crippen LogP contribution in [0.3, 0.4) is 0 Å². The summed E-state index contributed by atoms with van der Waals surface area (Å²) in [5, 5.41) is 7.68.